The molecule has 0 fully saturated rings. The third-order valence-electron chi connectivity index (χ3n) is 4.16. The number of rotatable bonds is 6. The van der Waals surface area contributed by atoms with Gasteiger partial charge in [0, 0.05) is 19.0 Å². The van der Waals surface area contributed by atoms with Crippen LogP contribution in [0, 0.1) is 13.8 Å². The van der Waals surface area contributed by atoms with Crippen LogP contribution < -0.4 is 0 Å². The van der Waals surface area contributed by atoms with Gasteiger partial charge >= 0.3 is 0 Å². The fourth-order valence-corrected chi connectivity index (χ4v) is 3.46. The van der Waals surface area contributed by atoms with E-state index in [1.165, 1.54) is 17.3 Å². The Kier molecular flexibility index (Phi) is 5.34. The van der Waals surface area contributed by atoms with Crippen LogP contribution in [0.2, 0.25) is 0 Å². The van der Waals surface area contributed by atoms with Gasteiger partial charge in [-0.2, -0.15) is 0 Å². The zero-order valence-electron chi connectivity index (χ0n) is 14.7. The SMILES string of the molecule is Cc1ccc(C)c(C(=O)CSc2nnc(Cc3ccccc3)n2C)c1. The van der Waals surface area contributed by atoms with E-state index >= 15 is 0 Å². The van der Waals surface area contributed by atoms with Crippen LogP contribution in [0.15, 0.2) is 53.7 Å². The fourth-order valence-electron chi connectivity index (χ4n) is 2.65. The van der Waals surface area contributed by atoms with E-state index in [0.717, 1.165) is 34.1 Å². The van der Waals surface area contributed by atoms with Crippen molar-refractivity contribution < 1.29 is 4.79 Å². The molecule has 1 aromatic heterocycles. The Morgan fingerprint density at radius 1 is 1.08 bits per heavy atom. The van der Waals surface area contributed by atoms with Crippen molar-refractivity contribution in [3.05, 3.63) is 76.6 Å². The molecule has 0 aliphatic heterocycles. The summed E-state index contributed by atoms with van der Waals surface area (Å²) in [5.41, 5.74) is 4.10. The van der Waals surface area contributed by atoms with Gasteiger partial charge in [0.15, 0.2) is 10.9 Å². The van der Waals surface area contributed by atoms with Gasteiger partial charge in [-0.05, 0) is 31.0 Å². The Morgan fingerprint density at radius 2 is 1.84 bits per heavy atom. The minimum atomic E-state index is 0.124. The summed E-state index contributed by atoms with van der Waals surface area (Å²) in [6.45, 7) is 3.97. The van der Waals surface area contributed by atoms with Gasteiger partial charge in [0.05, 0.1) is 5.75 Å². The molecule has 2 aromatic carbocycles. The summed E-state index contributed by atoms with van der Waals surface area (Å²) < 4.78 is 1.97. The van der Waals surface area contributed by atoms with Crippen molar-refractivity contribution in [2.24, 2.45) is 7.05 Å². The lowest BCUT2D eigenvalue weighted by Gasteiger charge is -2.06. The quantitative estimate of drug-likeness (QED) is 0.497. The Labute approximate surface area is 152 Å². The lowest BCUT2D eigenvalue weighted by Crippen LogP contribution is -2.07. The monoisotopic (exact) mass is 351 g/mol. The molecule has 128 valence electrons. The first kappa shape index (κ1) is 17.4. The first-order chi connectivity index (χ1) is 12.0. The highest BCUT2D eigenvalue weighted by Gasteiger charge is 2.14. The maximum absolute atomic E-state index is 12.5. The summed E-state index contributed by atoms with van der Waals surface area (Å²) in [4.78, 5) is 12.5. The number of hydrogen-bond donors (Lipinski definition) is 0. The summed E-state index contributed by atoms with van der Waals surface area (Å²) in [6.07, 6.45) is 0.732. The highest BCUT2D eigenvalue weighted by atomic mass is 32.2. The minimum Gasteiger partial charge on any atom is -0.309 e. The third-order valence-corrected chi connectivity index (χ3v) is 5.18. The van der Waals surface area contributed by atoms with Crippen LogP contribution >= 0.6 is 11.8 Å². The van der Waals surface area contributed by atoms with Crippen LogP contribution in [0.3, 0.4) is 0 Å². The molecule has 4 nitrogen and oxygen atoms in total. The van der Waals surface area contributed by atoms with Crippen molar-refractivity contribution in [1.29, 1.82) is 0 Å². The summed E-state index contributed by atoms with van der Waals surface area (Å²) >= 11 is 1.44. The van der Waals surface area contributed by atoms with E-state index in [1.807, 2.05) is 61.9 Å². The second-order valence-electron chi connectivity index (χ2n) is 6.15. The highest BCUT2D eigenvalue weighted by Crippen LogP contribution is 2.20. The van der Waals surface area contributed by atoms with Gasteiger partial charge in [-0.25, -0.2) is 0 Å². The minimum absolute atomic E-state index is 0.124. The fraction of sp³-hybridized carbons (Fsp3) is 0.250. The zero-order chi connectivity index (χ0) is 17.8. The molecule has 1 heterocycles. The van der Waals surface area contributed by atoms with Gasteiger partial charge < -0.3 is 4.57 Å². The van der Waals surface area contributed by atoms with Crippen LogP contribution in [0.25, 0.3) is 0 Å². The molecular formula is C20H21N3OS. The zero-order valence-corrected chi connectivity index (χ0v) is 15.5. The summed E-state index contributed by atoms with van der Waals surface area (Å²) in [7, 11) is 1.95. The van der Waals surface area contributed by atoms with Gasteiger partial charge in [0.25, 0.3) is 0 Å². The maximum atomic E-state index is 12.5. The van der Waals surface area contributed by atoms with Gasteiger partial charge in [0.1, 0.15) is 5.82 Å². The van der Waals surface area contributed by atoms with Crippen molar-refractivity contribution in [2.75, 3.05) is 5.75 Å². The molecular weight excluding hydrogens is 330 g/mol. The predicted molar refractivity (Wildman–Crippen MR) is 101 cm³/mol. The lowest BCUT2D eigenvalue weighted by molar-refractivity contribution is 0.102. The van der Waals surface area contributed by atoms with Gasteiger partial charge in [-0.1, -0.05) is 59.8 Å². The Hall–Kier alpha value is -2.40. The molecule has 0 N–H and O–H groups in total. The van der Waals surface area contributed by atoms with Crippen molar-refractivity contribution in [1.82, 2.24) is 14.8 Å². The number of carbonyl (C=O) groups excluding carboxylic acids is 1. The Morgan fingerprint density at radius 3 is 2.60 bits per heavy atom. The van der Waals surface area contributed by atoms with Gasteiger partial charge in [0.2, 0.25) is 0 Å². The molecule has 0 aliphatic carbocycles. The number of thioether (sulfide) groups is 1. The summed E-state index contributed by atoms with van der Waals surface area (Å²) in [5.74, 6) is 1.38. The van der Waals surface area contributed by atoms with E-state index in [2.05, 4.69) is 22.3 Å². The van der Waals surface area contributed by atoms with Crippen molar-refractivity contribution in [3.63, 3.8) is 0 Å². The molecule has 25 heavy (non-hydrogen) atoms. The first-order valence-corrected chi connectivity index (χ1v) is 9.18. The van der Waals surface area contributed by atoms with Gasteiger partial charge in [-0.3, -0.25) is 4.79 Å². The average Bonchev–Trinajstić information content (AvgIpc) is 2.96. The van der Waals surface area contributed by atoms with Crippen molar-refractivity contribution in [3.8, 4) is 0 Å². The molecule has 0 saturated carbocycles. The Bertz CT molecular complexity index is 887. The molecule has 3 rings (SSSR count). The topological polar surface area (TPSA) is 47.8 Å². The van der Waals surface area contributed by atoms with E-state index in [0.29, 0.717) is 5.75 Å². The summed E-state index contributed by atoms with van der Waals surface area (Å²) in [6, 6.07) is 16.2. The largest absolute Gasteiger partial charge is 0.309 e. The van der Waals surface area contributed by atoms with Crippen LogP contribution in [0.5, 0.6) is 0 Å². The number of ketones is 1. The summed E-state index contributed by atoms with van der Waals surface area (Å²) in [5, 5.41) is 9.28. The predicted octanol–water partition coefficient (Wildman–Crippen LogP) is 4.00. The standard InChI is InChI=1S/C20H21N3OS/c1-14-9-10-15(2)17(11-14)18(24)13-25-20-22-21-19(23(20)3)12-16-7-5-4-6-8-16/h4-11H,12-13H2,1-3H3. The molecule has 5 heteroatoms. The van der Waals surface area contributed by atoms with Crippen LogP contribution in [0.4, 0.5) is 0 Å². The second kappa shape index (κ2) is 7.66. The van der Waals surface area contributed by atoms with Gasteiger partial charge in [-0.15, -0.1) is 10.2 Å². The molecule has 0 unspecified atom stereocenters. The third kappa shape index (κ3) is 4.17. The Balaban J connectivity index is 1.68. The molecule has 0 amide bonds. The van der Waals surface area contributed by atoms with E-state index < -0.39 is 0 Å². The number of nitrogens with zero attached hydrogens (tertiary/aromatic N) is 3. The number of Topliss-reactive ketones (excluding diaryl/α,β-unsaturated/α-hetero) is 1. The normalized spacial score (nSPS) is 10.8. The van der Waals surface area contributed by atoms with E-state index in [-0.39, 0.29) is 5.78 Å². The number of aromatic nitrogens is 3. The van der Waals surface area contributed by atoms with Crippen molar-refractivity contribution in [2.45, 2.75) is 25.4 Å². The number of aryl methyl sites for hydroxylation is 2. The average molecular weight is 351 g/mol. The molecule has 0 radical (unpaired) electrons. The first-order valence-electron chi connectivity index (χ1n) is 8.20. The second-order valence-corrected chi connectivity index (χ2v) is 7.09. The lowest BCUT2D eigenvalue weighted by atomic mass is 10.0. The molecule has 0 saturated heterocycles. The van der Waals surface area contributed by atoms with Crippen LogP contribution in [0.1, 0.15) is 32.9 Å². The number of carbonyl (C=O) groups is 1. The molecule has 3 aromatic rings. The van der Waals surface area contributed by atoms with Crippen molar-refractivity contribution >= 4 is 17.5 Å². The van der Waals surface area contributed by atoms with E-state index in [9.17, 15) is 4.79 Å². The van der Waals surface area contributed by atoms with E-state index in [1.54, 1.807) is 0 Å². The smallest absolute Gasteiger partial charge is 0.191 e. The molecule has 0 atom stereocenters. The molecule has 0 aliphatic rings. The maximum Gasteiger partial charge on any atom is 0.191 e. The number of hydrogen-bond acceptors (Lipinski definition) is 4. The highest BCUT2D eigenvalue weighted by molar-refractivity contribution is 7.99. The van der Waals surface area contributed by atoms with E-state index in [4.69, 9.17) is 0 Å². The number of benzene rings is 2. The van der Waals surface area contributed by atoms with Crippen LogP contribution in [-0.2, 0) is 13.5 Å². The molecule has 0 spiro atoms. The van der Waals surface area contributed by atoms with Crippen LogP contribution in [-0.4, -0.2) is 26.3 Å². The molecule has 0 bridgehead atoms.